The fraction of sp³-hybridized carbons (Fsp3) is 0.385. The first-order valence-corrected chi connectivity index (χ1v) is 12.2. The average molecular weight is 511 g/mol. The Balaban J connectivity index is 1.56. The number of carbonyl (C=O) groups excluding carboxylic acids is 1. The monoisotopic (exact) mass is 510 g/mol. The predicted octanol–water partition coefficient (Wildman–Crippen LogP) is 4.44. The largest absolute Gasteiger partial charge is 0.450 e. The second-order valence-corrected chi connectivity index (χ2v) is 9.79. The molecule has 0 radical (unpaired) electrons. The lowest BCUT2D eigenvalue weighted by molar-refractivity contribution is 0.0353. The standard InChI is InChI=1S/C26H27BrN2O4/c1-16-13-20-21(14-17(16)2)33-25-22(24(20)30)23(18-5-3-6-19(27)15-18)29(26(25)31)8-4-7-28-9-11-32-12-10-28/h3,5-6,13-15,23H,4,7-12H2,1-2H3/t23-/m0/s1. The van der Waals surface area contributed by atoms with Gasteiger partial charge in [0, 0.05) is 30.7 Å². The van der Waals surface area contributed by atoms with Gasteiger partial charge in [0.1, 0.15) is 5.58 Å². The molecule has 0 aliphatic carbocycles. The van der Waals surface area contributed by atoms with Gasteiger partial charge < -0.3 is 14.1 Å². The van der Waals surface area contributed by atoms with E-state index in [1.165, 1.54) is 0 Å². The van der Waals surface area contributed by atoms with Crippen LogP contribution in [-0.2, 0) is 4.74 Å². The fourth-order valence-electron chi connectivity index (χ4n) is 4.82. The normalized spacial score (nSPS) is 18.8. The van der Waals surface area contributed by atoms with E-state index in [-0.39, 0.29) is 17.1 Å². The summed E-state index contributed by atoms with van der Waals surface area (Å²) in [6.07, 6.45) is 0.816. The Hall–Kier alpha value is -2.48. The van der Waals surface area contributed by atoms with Crippen LogP contribution in [0, 0.1) is 13.8 Å². The van der Waals surface area contributed by atoms with E-state index in [1.807, 2.05) is 50.2 Å². The highest BCUT2D eigenvalue weighted by molar-refractivity contribution is 9.10. The average Bonchev–Trinajstić information content (AvgIpc) is 3.08. The third-order valence-corrected chi connectivity index (χ3v) is 7.22. The first-order valence-electron chi connectivity index (χ1n) is 11.4. The van der Waals surface area contributed by atoms with Gasteiger partial charge in [-0.2, -0.15) is 0 Å². The fourth-order valence-corrected chi connectivity index (χ4v) is 5.24. The molecule has 0 bridgehead atoms. The minimum Gasteiger partial charge on any atom is -0.450 e. The van der Waals surface area contributed by atoms with Crippen molar-refractivity contribution in [1.29, 1.82) is 0 Å². The molecule has 3 aromatic rings. The summed E-state index contributed by atoms with van der Waals surface area (Å²) in [6, 6.07) is 11.1. The second-order valence-electron chi connectivity index (χ2n) is 8.87. The molecule has 0 unspecified atom stereocenters. The van der Waals surface area contributed by atoms with Crippen LogP contribution in [0.25, 0.3) is 11.0 Å². The number of hydrogen-bond acceptors (Lipinski definition) is 5. The van der Waals surface area contributed by atoms with Crippen molar-refractivity contribution in [3.05, 3.63) is 79.1 Å². The molecule has 7 heteroatoms. The van der Waals surface area contributed by atoms with E-state index < -0.39 is 6.04 Å². The van der Waals surface area contributed by atoms with Gasteiger partial charge in [-0.1, -0.05) is 28.1 Å². The highest BCUT2D eigenvalue weighted by atomic mass is 79.9. The topological polar surface area (TPSA) is 63.0 Å². The maximum Gasteiger partial charge on any atom is 0.290 e. The Kier molecular flexibility index (Phi) is 6.12. The van der Waals surface area contributed by atoms with E-state index in [9.17, 15) is 9.59 Å². The zero-order valence-corrected chi connectivity index (χ0v) is 20.5. The number of halogens is 1. The number of rotatable bonds is 5. The van der Waals surface area contributed by atoms with Crippen LogP contribution in [-0.4, -0.2) is 55.1 Å². The van der Waals surface area contributed by atoms with Crippen LogP contribution in [0.3, 0.4) is 0 Å². The number of aryl methyl sites for hydroxylation is 2. The highest BCUT2D eigenvalue weighted by Crippen LogP contribution is 2.39. The van der Waals surface area contributed by atoms with Crippen LogP contribution in [0.15, 0.2) is 50.1 Å². The van der Waals surface area contributed by atoms with Gasteiger partial charge in [0.2, 0.25) is 5.76 Å². The first-order chi connectivity index (χ1) is 15.9. The lowest BCUT2D eigenvalue weighted by atomic mass is 9.97. The van der Waals surface area contributed by atoms with E-state index in [2.05, 4.69) is 20.8 Å². The van der Waals surface area contributed by atoms with Gasteiger partial charge in [-0.25, -0.2) is 0 Å². The molecule has 0 saturated carbocycles. The number of benzene rings is 2. The van der Waals surface area contributed by atoms with Crippen LogP contribution < -0.4 is 5.43 Å². The molecule has 3 heterocycles. The van der Waals surface area contributed by atoms with Gasteiger partial charge >= 0.3 is 0 Å². The first kappa shape index (κ1) is 22.3. The summed E-state index contributed by atoms with van der Waals surface area (Å²) >= 11 is 3.54. The minimum absolute atomic E-state index is 0.122. The maximum atomic E-state index is 13.7. The summed E-state index contributed by atoms with van der Waals surface area (Å²) in [4.78, 5) is 31.4. The van der Waals surface area contributed by atoms with Crippen molar-refractivity contribution in [2.75, 3.05) is 39.4 Å². The van der Waals surface area contributed by atoms with Crippen LogP contribution >= 0.6 is 15.9 Å². The zero-order chi connectivity index (χ0) is 23.1. The Labute approximate surface area is 201 Å². The molecule has 5 rings (SSSR count). The molecule has 2 aromatic carbocycles. The summed E-state index contributed by atoms with van der Waals surface area (Å²) in [7, 11) is 0. The molecule has 33 heavy (non-hydrogen) atoms. The molecule has 0 spiro atoms. The summed E-state index contributed by atoms with van der Waals surface area (Å²) in [5.74, 6) is -0.0405. The second kappa shape index (κ2) is 9.05. The molecular weight excluding hydrogens is 484 g/mol. The lowest BCUT2D eigenvalue weighted by Crippen LogP contribution is -2.38. The van der Waals surface area contributed by atoms with E-state index >= 15 is 0 Å². The van der Waals surface area contributed by atoms with E-state index in [1.54, 1.807) is 4.90 Å². The zero-order valence-electron chi connectivity index (χ0n) is 18.9. The minimum atomic E-state index is -0.461. The quantitative estimate of drug-likeness (QED) is 0.507. The van der Waals surface area contributed by atoms with Crippen LogP contribution in [0.4, 0.5) is 0 Å². The van der Waals surface area contributed by atoms with Gasteiger partial charge in [-0.3, -0.25) is 14.5 Å². The highest BCUT2D eigenvalue weighted by Gasteiger charge is 2.42. The number of amides is 1. The molecule has 172 valence electrons. The Morgan fingerprint density at radius 1 is 1.03 bits per heavy atom. The SMILES string of the molecule is Cc1cc2oc3c(c(=O)c2cc1C)[C@H](c1cccc(Br)c1)N(CCCN1CCOCC1)C3=O. The van der Waals surface area contributed by atoms with Gasteiger partial charge in [0.15, 0.2) is 5.43 Å². The van der Waals surface area contributed by atoms with Crippen molar-refractivity contribution in [3.8, 4) is 0 Å². The van der Waals surface area contributed by atoms with Crippen LogP contribution in [0.2, 0.25) is 0 Å². The maximum absolute atomic E-state index is 13.7. The Bertz CT molecular complexity index is 1280. The van der Waals surface area contributed by atoms with Crippen molar-refractivity contribution < 1.29 is 13.9 Å². The number of carbonyl (C=O) groups is 1. The van der Waals surface area contributed by atoms with Gasteiger partial charge in [-0.15, -0.1) is 0 Å². The molecule has 2 aliphatic rings. The van der Waals surface area contributed by atoms with Crippen molar-refractivity contribution in [2.45, 2.75) is 26.3 Å². The van der Waals surface area contributed by atoms with E-state index in [0.29, 0.717) is 23.1 Å². The van der Waals surface area contributed by atoms with Crippen molar-refractivity contribution in [2.24, 2.45) is 0 Å². The number of nitrogens with zero attached hydrogens (tertiary/aromatic N) is 2. The molecule has 1 aromatic heterocycles. The summed E-state index contributed by atoms with van der Waals surface area (Å²) in [5, 5.41) is 0.528. The summed E-state index contributed by atoms with van der Waals surface area (Å²) < 4.78 is 12.5. The third kappa shape index (κ3) is 4.14. The summed E-state index contributed by atoms with van der Waals surface area (Å²) in [6.45, 7) is 8.71. The van der Waals surface area contributed by atoms with Crippen LogP contribution in [0.1, 0.15) is 45.3 Å². The smallest absolute Gasteiger partial charge is 0.290 e. The molecule has 6 nitrogen and oxygen atoms in total. The Morgan fingerprint density at radius 3 is 2.55 bits per heavy atom. The lowest BCUT2D eigenvalue weighted by Gasteiger charge is -2.29. The van der Waals surface area contributed by atoms with Crippen molar-refractivity contribution >= 4 is 32.8 Å². The molecule has 0 N–H and O–H groups in total. The van der Waals surface area contributed by atoms with Crippen molar-refractivity contribution in [3.63, 3.8) is 0 Å². The molecule has 1 atom stereocenters. The molecule has 1 fully saturated rings. The van der Waals surface area contributed by atoms with Crippen molar-refractivity contribution in [1.82, 2.24) is 9.80 Å². The van der Waals surface area contributed by atoms with Gasteiger partial charge in [0.25, 0.3) is 5.91 Å². The molecule has 1 amide bonds. The van der Waals surface area contributed by atoms with Gasteiger partial charge in [0.05, 0.1) is 30.2 Å². The van der Waals surface area contributed by atoms with E-state index in [0.717, 1.165) is 60.4 Å². The molecule has 1 saturated heterocycles. The Morgan fingerprint density at radius 2 is 1.79 bits per heavy atom. The predicted molar refractivity (Wildman–Crippen MR) is 131 cm³/mol. The molecule has 2 aliphatic heterocycles. The number of ether oxygens (including phenoxy) is 1. The number of morpholine rings is 1. The summed E-state index contributed by atoms with van der Waals surface area (Å²) in [5.41, 5.74) is 3.75. The number of hydrogen-bond donors (Lipinski definition) is 0. The third-order valence-electron chi connectivity index (χ3n) is 6.72. The van der Waals surface area contributed by atoms with E-state index in [4.69, 9.17) is 9.15 Å². The number of fused-ring (bicyclic) bond motifs is 2. The molecular formula is C26H27BrN2O4. The van der Waals surface area contributed by atoms with Crippen LogP contribution in [0.5, 0.6) is 0 Å². The van der Waals surface area contributed by atoms with Gasteiger partial charge in [-0.05, 0) is 61.2 Å².